The first-order chi connectivity index (χ1) is 20.9. The van der Waals surface area contributed by atoms with Gasteiger partial charge in [-0.25, -0.2) is 8.42 Å². The molecule has 242 valence electrons. The van der Waals surface area contributed by atoms with Crippen molar-refractivity contribution in [2.45, 2.75) is 71.2 Å². The molecule has 1 aliphatic rings. The molecule has 45 heavy (non-hydrogen) atoms. The van der Waals surface area contributed by atoms with Gasteiger partial charge in [0.25, 0.3) is 5.91 Å². The number of esters is 1. The molecule has 8 nitrogen and oxygen atoms in total. The summed E-state index contributed by atoms with van der Waals surface area (Å²) in [6.07, 6.45) is -2.21. The van der Waals surface area contributed by atoms with E-state index in [-0.39, 0.29) is 10.3 Å². The van der Waals surface area contributed by atoms with Crippen LogP contribution in [0, 0.1) is 12.3 Å². The van der Waals surface area contributed by atoms with E-state index in [0.29, 0.717) is 33.4 Å². The van der Waals surface area contributed by atoms with E-state index in [4.69, 9.17) is 32.7 Å². The molecule has 1 aliphatic heterocycles. The van der Waals surface area contributed by atoms with E-state index in [1.54, 1.807) is 80.3 Å². The molecule has 2 atom stereocenters. The van der Waals surface area contributed by atoms with E-state index in [9.17, 15) is 18.0 Å². The Kier molecular flexibility index (Phi) is 10.4. The highest BCUT2D eigenvalue weighted by molar-refractivity contribution is 7.89. The Morgan fingerprint density at radius 3 is 2.20 bits per heavy atom. The second-order valence-electron chi connectivity index (χ2n) is 13.4. The van der Waals surface area contributed by atoms with E-state index in [2.05, 4.69) is 0 Å². The maximum Gasteiger partial charge on any atom is 0.321 e. The summed E-state index contributed by atoms with van der Waals surface area (Å²) in [7, 11) is -4.29. The molecule has 4 rings (SSSR count). The number of aryl methyl sites for hydroxylation is 1. The van der Waals surface area contributed by atoms with Gasteiger partial charge in [-0.15, -0.1) is 0 Å². The van der Waals surface area contributed by atoms with Crippen molar-refractivity contribution >= 4 is 50.8 Å². The number of anilines is 1. The number of carbonyl (C=O) groups excluding carboxylic acids is 2. The van der Waals surface area contributed by atoms with Crippen molar-refractivity contribution in [2.75, 3.05) is 24.5 Å². The number of ether oxygens (including phenoxy) is 2. The highest BCUT2D eigenvalue weighted by atomic mass is 35.5. The summed E-state index contributed by atoms with van der Waals surface area (Å²) < 4.78 is 41.2. The summed E-state index contributed by atoms with van der Waals surface area (Å²) in [6.45, 7) is 12.1. The average molecular weight is 676 g/mol. The van der Waals surface area contributed by atoms with Gasteiger partial charge in [-0.05, 0) is 69.5 Å². The second-order valence-corrected chi connectivity index (χ2v) is 16.2. The van der Waals surface area contributed by atoms with Crippen molar-refractivity contribution in [3.8, 4) is 0 Å². The lowest BCUT2D eigenvalue weighted by Gasteiger charge is -2.33. The van der Waals surface area contributed by atoms with E-state index in [1.165, 1.54) is 12.1 Å². The van der Waals surface area contributed by atoms with Crippen LogP contribution in [0.5, 0.6) is 0 Å². The molecule has 1 amide bonds. The van der Waals surface area contributed by atoms with Crippen molar-refractivity contribution in [1.29, 1.82) is 0 Å². The number of amides is 1. The Labute approximate surface area is 276 Å². The SMILES string of the molecule is Cc1ccc(S(=O)(=O)N(CC(=O)OC(C)(C)C)CC2OC(c3ccccc3Cl)c3cc(Cl)ccc3N(CC(C)(C)C)C2=O)cc1. The molecule has 0 N–H and O–H groups in total. The lowest BCUT2D eigenvalue weighted by molar-refractivity contribution is -0.155. The van der Waals surface area contributed by atoms with Gasteiger partial charge in [-0.3, -0.25) is 9.59 Å². The van der Waals surface area contributed by atoms with E-state index in [0.717, 1.165) is 9.87 Å². The molecule has 3 aromatic rings. The van der Waals surface area contributed by atoms with Gasteiger partial charge in [0.05, 0.1) is 11.4 Å². The van der Waals surface area contributed by atoms with Crippen LogP contribution in [0.15, 0.2) is 71.6 Å². The molecule has 0 aromatic heterocycles. The molecule has 0 aliphatic carbocycles. The second kappa shape index (κ2) is 13.4. The molecule has 0 fully saturated rings. The lowest BCUT2D eigenvalue weighted by Crippen LogP contribution is -2.50. The Bertz CT molecular complexity index is 1660. The predicted octanol–water partition coefficient (Wildman–Crippen LogP) is 7.20. The van der Waals surface area contributed by atoms with Crippen LogP contribution in [0.4, 0.5) is 5.69 Å². The van der Waals surface area contributed by atoms with Crippen molar-refractivity contribution in [2.24, 2.45) is 5.41 Å². The van der Waals surface area contributed by atoms with Crippen LogP contribution in [0.2, 0.25) is 10.0 Å². The predicted molar refractivity (Wildman–Crippen MR) is 177 cm³/mol. The average Bonchev–Trinajstić information content (AvgIpc) is 3.02. The quantitative estimate of drug-likeness (QED) is 0.235. The smallest absolute Gasteiger partial charge is 0.321 e. The standard InChI is InChI=1S/C34H40Cl2N2O6S/c1-22-12-15-24(16-13-22)45(41,42)37(20-30(39)44-34(5,6)7)19-29-32(40)38(21-33(2,3)4)28-17-14-23(35)18-26(28)31(43-29)25-10-8-9-11-27(25)36/h8-18,29,31H,19-21H2,1-7H3. The number of sulfonamides is 1. The number of rotatable bonds is 8. The summed E-state index contributed by atoms with van der Waals surface area (Å²) in [6, 6.07) is 18.6. The Morgan fingerprint density at radius 2 is 1.60 bits per heavy atom. The Morgan fingerprint density at radius 1 is 0.956 bits per heavy atom. The molecule has 0 saturated heterocycles. The number of benzene rings is 3. The normalized spacial score (nSPS) is 17.6. The molecule has 2 unspecified atom stereocenters. The van der Waals surface area contributed by atoms with Crippen LogP contribution in [-0.2, 0) is 29.1 Å². The van der Waals surface area contributed by atoms with Crippen molar-refractivity contribution in [1.82, 2.24) is 4.31 Å². The largest absolute Gasteiger partial charge is 0.459 e. The number of nitrogens with zero attached hydrogens (tertiary/aromatic N) is 2. The minimum Gasteiger partial charge on any atom is -0.459 e. The molecular weight excluding hydrogens is 635 g/mol. The maximum atomic E-state index is 14.5. The fourth-order valence-electron chi connectivity index (χ4n) is 5.07. The van der Waals surface area contributed by atoms with E-state index in [1.807, 2.05) is 27.7 Å². The minimum absolute atomic E-state index is 0.0259. The molecular formula is C34H40Cl2N2O6S. The van der Waals surface area contributed by atoms with Gasteiger partial charge in [0, 0.05) is 33.4 Å². The fraction of sp³-hybridized carbons (Fsp3) is 0.412. The van der Waals surface area contributed by atoms with Gasteiger partial charge in [-0.1, -0.05) is 79.9 Å². The topological polar surface area (TPSA) is 93.2 Å². The zero-order chi connectivity index (χ0) is 33.3. The van der Waals surface area contributed by atoms with Crippen LogP contribution in [-0.4, -0.2) is 55.9 Å². The third-order valence-corrected chi connectivity index (χ3v) is 9.38. The van der Waals surface area contributed by atoms with E-state index < -0.39 is 52.8 Å². The fourth-order valence-corrected chi connectivity index (χ4v) is 6.87. The molecule has 0 radical (unpaired) electrons. The molecule has 3 aromatic carbocycles. The lowest BCUT2D eigenvalue weighted by atomic mass is 9.94. The molecule has 0 spiro atoms. The number of hydrogen-bond donors (Lipinski definition) is 0. The minimum atomic E-state index is -4.29. The van der Waals surface area contributed by atoms with E-state index >= 15 is 0 Å². The van der Waals surface area contributed by atoms with Gasteiger partial charge < -0.3 is 14.4 Å². The van der Waals surface area contributed by atoms with Crippen LogP contribution in [0.1, 0.15) is 64.3 Å². The van der Waals surface area contributed by atoms with Gasteiger partial charge in [0.15, 0.2) is 6.10 Å². The van der Waals surface area contributed by atoms with Gasteiger partial charge in [0.2, 0.25) is 10.0 Å². The zero-order valence-corrected chi connectivity index (χ0v) is 29.0. The maximum absolute atomic E-state index is 14.5. The first-order valence-electron chi connectivity index (χ1n) is 14.6. The molecule has 0 saturated carbocycles. The van der Waals surface area contributed by atoms with Gasteiger partial charge >= 0.3 is 5.97 Å². The summed E-state index contributed by atoms with van der Waals surface area (Å²) in [4.78, 5) is 29.2. The van der Waals surface area contributed by atoms with Crippen molar-refractivity contribution in [3.05, 3.63) is 93.5 Å². The van der Waals surface area contributed by atoms with Crippen LogP contribution in [0.3, 0.4) is 0 Å². The number of halogens is 2. The third-order valence-electron chi connectivity index (χ3n) is 6.98. The molecule has 0 bridgehead atoms. The molecule has 11 heteroatoms. The highest BCUT2D eigenvalue weighted by Gasteiger charge is 2.42. The molecule has 1 heterocycles. The summed E-state index contributed by atoms with van der Waals surface area (Å²) in [5.41, 5.74) is 1.43. The Hall–Kier alpha value is -2.95. The van der Waals surface area contributed by atoms with Gasteiger partial charge in [0.1, 0.15) is 18.2 Å². The highest BCUT2D eigenvalue weighted by Crippen LogP contribution is 2.42. The Balaban J connectivity index is 1.87. The number of fused-ring (bicyclic) bond motifs is 1. The summed E-state index contributed by atoms with van der Waals surface area (Å²) in [5, 5.41) is 0.839. The van der Waals surface area contributed by atoms with Crippen LogP contribution < -0.4 is 4.90 Å². The number of carbonyl (C=O) groups is 2. The first kappa shape index (κ1) is 34.9. The summed E-state index contributed by atoms with van der Waals surface area (Å²) >= 11 is 13.1. The summed E-state index contributed by atoms with van der Waals surface area (Å²) in [5.74, 6) is -1.22. The van der Waals surface area contributed by atoms with Gasteiger partial charge in [-0.2, -0.15) is 4.31 Å². The van der Waals surface area contributed by atoms with Crippen molar-refractivity contribution in [3.63, 3.8) is 0 Å². The monoisotopic (exact) mass is 674 g/mol. The third kappa shape index (κ3) is 8.65. The number of hydrogen-bond acceptors (Lipinski definition) is 6. The zero-order valence-electron chi connectivity index (χ0n) is 26.6. The van der Waals surface area contributed by atoms with Crippen molar-refractivity contribution < 1.29 is 27.5 Å². The first-order valence-corrected chi connectivity index (χ1v) is 16.8. The van der Waals surface area contributed by atoms with Crippen LogP contribution in [0.25, 0.3) is 0 Å². The van der Waals surface area contributed by atoms with Crippen LogP contribution >= 0.6 is 23.2 Å².